The molecule has 2 aromatic rings. The molecule has 2 fully saturated rings. The predicted octanol–water partition coefficient (Wildman–Crippen LogP) is 4.93. The smallest absolute Gasteiger partial charge is 0.306 e. The molecule has 1 aromatic heterocycles. The highest BCUT2D eigenvalue weighted by molar-refractivity contribution is 5.85. The summed E-state index contributed by atoms with van der Waals surface area (Å²) in [6.45, 7) is 4.75. The van der Waals surface area contributed by atoms with E-state index in [1.54, 1.807) is 6.07 Å². The average molecular weight is 415 g/mol. The number of amides is 1. The van der Waals surface area contributed by atoms with Gasteiger partial charge in [-0.05, 0) is 60.8 Å². The number of carbonyl (C=O) groups excluding carboxylic acids is 1. The number of benzene rings is 1. The van der Waals surface area contributed by atoms with Gasteiger partial charge in [0, 0.05) is 36.1 Å². The summed E-state index contributed by atoms with van der Waals surface area (Å²) in [7, 11) is 0. The van der Waals surface area contributed by atoms with Crippen LogP contribution in [-0.2, 0) is 9.59 Å². The fraction of sp³-hybridized carbons (Fsp3) is 0.583. The van der Waals surface area contributed by atoms with Crippen molar-refractivity contribution < 1.29 is 19.1 Å². The van der Waals surface area contributed by atoms with Gasteiger partial charge < -0.3 is 15.0 Å². The number of piperidine rings is 1. The highest BCUT2D eigenvalue weighted by atomic mass is 19.1. The van der Waals surface area contributed by atoms with E-state index in [1.807, 2.05) is 11.1 Å². The van der Waals surface area contributed by atoms with Crippen LogP contribution in [0.3, 0.4) is 0 Å². The quantitative estimate of drug-likeness (QED) is 0.729. The molecule has 2 heterocycles. The normalized spacial score (nSPS) is 25.3. The van der Waals surface area contributed by atoms with Crippen molar-refractivity contribution >= 4 is 22.8 Å². The van der Waals surface area contributed by atoms with E-state index in [4.69, 9.17) is 0 Å². The van der Waals surface area contributed by atoms with E-state index in [0.717, 1.165) is 42.1 Å². The summed E-state index contributed by atoms with van der Waals surface area (Å²) in [6.07, 6.45) is 6.74. The molecule has 4 atom stereocenters. The lowest BCUT2D eigenvalue weighted by molar-refractivity contribution is -0.154. The van der Waals surface area contributed by atoms with Gasteiger partial charge in [-0.25, -0.2) is 4.39 Å². The molecule has 1 aliphatic carbocycles. The first-order valence-corrected chi connectivity index (χ1v) is 11.2. The van der Waals surface area contributed by atoms with Crippen molar-refractivity contribution in [2.45, 2.75) is 64.3 Å². The van der Waals surface area contributed by atoms with Crippen LogP contribution in [0.4, 0.5) is 4.39 Å². The standard InChI is InChI=1S/C24H31FN2O3/c1-14(2)19(20-13-26-21-11-15(25)7-8-16(20)21)12-23(28)27-10-9-18(24(29)30)17-5-3-4-6-22(17)27/h7-8,11,13-14,17-19,22,26H,3-6,9-10,12H2,1-2H3,(H,29,30). The summed E-state index contributed by atoms with van der Waals surface area (Å²) in [6, 6.07) is 4.78. The topological polar surface area (TPSA) is 73.4 Å². The molecule has 1 aromatic carbocycles. The van der Waals surface area contributed by atoms with Crippen molar-refractivity contribution in [1.82, 2.24) is 9.88 Å². The largest absolute Gasteiger partial charge is 0.481 e. The minimum Gasteiger partial charge on any atom is -0.481 e. The first-order chi connectivity index (χ1) is 14.4. The summed E-state index contributed by atoms with van der Waals surface area (Å²) in [5.41, 5.74) is 1.80. The average Bonchev–Trinajstić information content (AvgIpc) is 3.13. The van der Waals surface area contributed by atoms with Crippen molar-refractivity contribution in [3.63, 3.8) is 0 Å². The van der Waals surface area contributed by atoms with Crippen LogP contribution in [0.15, 0.2) is 24.4 Å². The van der Waals surface area contributed by atoms with Crippen molar-refractivity contribution in [2.75, 3.05) is 6.54 Å². The van der Waals surface area contributed by atoms with E-state index >= 15 is 0 Å². The van der Waals surface area contributed by atoms with Gasteiger partial charge in [0.15, 0.2) is 0 Å². The van der Waals surface area contributed by atoms with Crippen molar-refractivity contribution in [1.29, 1.82) is 0 Å². The Morgan fingerprint density at radius 3 is 2.73 bits per heavy atom. The minimum atomic E-state index is -0.718. The molecule has 2 N–H and O–H groups in total. The maximum Gasteiger partial charge on any atom is 0.306 e. The van der Waals surface area contributed by atoms with Gasteiger partial charge in [0.1, 0.15) is 5.82 Å². The Labute approximate surface area is 176 Å². The molecule has 5 nitrogen and oxygen atoms in total. The lowest BCUT2D eigenvalue weighted by Crippen LogP contribution is -2.54. The lowest BCUT2D eigenvalue weighted by Gasteiger charge is -2.47. The molecule has 6 heteroatoms. The van der Waals surface area contributed by atoms with Gasteiger partial charge in [-0.3, -0.25) is 9.59 Å². The number of rotatable bonds is 5. The van der Waals surface area contributed by atoms with Gasteiger partial charge in [0.05, 0.1) is 5.92 Å². The van der Waals surface area contributed by atoms with E-state index in [0.29, 0.717) is 19.4 Å². The Hall–Kier alpha value is -2.37. The van der Waals surface area contributed by atoms with E-state index < -0.39 is 5.97 Å². The number of aliphatic carboxylic acids is 1. The fourth-order valence-electron chi connectivity index (χ4n) is 5.71. The number of hydrogen-bond donors (Lipinski definition) is 2. The predicted molar refractivity (Wildman–Crippen MR) is 114 cm³/mol. The molecule has 0 bridgehead atoms. The van der Waals surface area contributed by atoms with Gasteiger partial charge in [-0.1, -0.05) is 26.7 Å². The van der Waals surface area contributed by atoms with Crippen molar-refractivity contribution in [3.05, 3.63) is 35.8 Å². The molecule has 1 saturated carbocycles. The van der Waals surface area contributed by atoms with Crippen molar-refractivity contribution in [3.8, 4) is 0 Å². The second-order valence-electron chi connectivity index (χ2n) is 9.32. The number of carboxylic acid groups (broad SMARTS) is 1. The van der Waals surface area contributed by atoms with E-state index in [1.165, 1.54) is 12.1 Å². The number of likely N-dealkylation sites (tertiary alicyclic amines) is 1. The number of aromatic nitrogens is 1. The number of aromatic amines is 1. The number of halogens is 1. The van der Waals surface area contributed by atoms with Crippen LogP contribution < -0.4 is 0 Å². The fourth-order valence-corrected chi connectivity index (χ4v) is 5.71. The second kappa shape index (κ2) is 8.40. The van der Waals surface area contributed by atoms with Gasteiger partial charge in [0.25, 0.3) is 0 Å². The summed E-state index contributed by atoms with van der Waals surface area (Å²) in [4.78, 5) is 30.3. The minimum absolute atomic E-state index is 0.0240. The number of hydrogen-bond acceptors (Lipinski definition) is 2. The Morgan fingerprint density at radius 1 is 1.23 bits per heavy atom. The SMILES string of the molecule is CC(C)C(CC(=O)N1CCC(C(=O)O)C2CCCCC21)c1c[nH]c2cc(F)ccc12. The third-order valence-corrected chi connectivity index (χ3v) is 7.29. The maximum atomic E-state index is 13.6. The molecule has 162 valence electrons. The molecule has 1 saturated heterocycles. The first kappa shape index (κ1) is 20.9. The van der Waals surface area contributed by atoms with Crippen LogP contribution in [0.2, 0.25) is 0 Å². The number of fused-ring (bicyclic) bond motifs is 2. The molecular formula is C24H31FN2O3. The molecule has 2 aliphatic rings. The molecular weight excluding hydrogens is 383 g/mol. The number of nitrogens with zero attached hydrogens (tertiary/aromatic N) is 1. The van der Waals surface area contributed by atoms with Crippen LogP contribution in [0.25, 0.3) is 10.9 Å². The number of carbonyl (C=O) groups is 2. The number of nitrogens with one attached hydrogen (secondary N) is 1. The van der Waals surface area contributed by atoms with Gasteiger partial charge >= 0.3 is 5.97 Å². The molecule has 1 aliphatic heterocycles. The highest BCUT2D eigenvalue weighted by Gasteiger charge is 2.44. The van der Waals surface area contributed by atoms with Gasteiger partial charge in [0.2, 0.25) is 5.91 Å². The molecule has 0 spiro atoms. The van der Waals surface area contributed by atoms with E-state index in [-0.39, 0.29) is 41.4 Å². The monoisotopic (exact) mass is 414 g/mol. The van der Waals surface area contributed by atoms with Gasteiger partial charge in [-0.15, -0.1) is 0 Å². The van der Waals surface area contributed by atoms with Crippen LogP contribution in [0.1, 0.15) is 63.9 Å². The third-order valence-electron chi connectivity index (χ3n) is 7.29. The zero-order valence-electron chi connectivity index (χ0n) is 17.7. The van der Waals surface area contributed by atoms with E-state index in [2.05, 4.69) is 18.8 Å². The summed E-state index contributed by atoms with van der Waals surface area (Å²) < 4.78 is 13.6. The molecule has 1 amide bonds. The molecule has 4 rings (SSSR count). The first-order valence-electron chi connectivity index (χ1n) is 11.2. The van der Waals surface area contributed by atoms with Crippen LogP contribution in [0, 0.1) is 23.6 Å². The Kier molecular flexibility index (Phi) is 5.85. The zero-order chi connectivity index (χ0) is 21.4. The van der Waals surface area contributed by atoms with E-state index in [9.17, 15) is 19.1 Å². The third kappa shape index (κ3) is 3.84. The van der Waals surface area contributed by atoms with Crippen LogP contribution in [0.5, 0.6) is 0 Å². The Balaban J connectivity index is 1.56. The summed E-state index contributed by atoms with van der Waals surface area (Å²) >= 11 is 0. The lowest BCUT2D eigenvalue weighted by atomic mass is 9.71. The number of H-pyrrole nitrogens is 1. The molecule has 4 unspecified atom stereocenters. The zero-order valence-corrected chi connectivity index (χ0v) is 17.7. The van der Waals surface area contributed by atoms with Gasteiger partial charge in [-0.2, -0.15) is 0 Å². The highest BCUT2D eigenvalue weighted by Crippen LogP contribution is 2.41. The van der Waals surface area contributed by atoms with Crippen LogP contribution >= 0.6 is 0 Å². The second-order valence-corrected chi connectivity index (χ2v) is 9.32. The molecule has 30 heavy (non-hydrogen) atoms. The number of carboxylic acids is 1. The maximum absolute atomic E-state index is 13.6. The Morgan fingerprint density at radius 2 is 2.00 bits per heavy atom. The summed E-state index contributed by atoms with van der Waals surface area (Å²) in [5.74, 6) is -0.868. The summed E-state index contributed by atoms with van der Waals surface area (Å²) in [5, 5.41) is 10.6. The Bertz CT molecular complexity index is 938. The van der Waals surface area contributed by atoms with Crippen molar-refractivity contribution in [2.24, 2.45) is 17.8 Å². The molecule has 0 radical (unpaired) electrons. The van der Waals surface area contributed by atoms with Crippen LogP contribution in [-0.4, -0.2) is 39.5 Å².